The van der Waals surface area contributed by atoms with Gasteiger partial charge in [-0.3, -0.25) is 4.99 Å². The Hall–Kier alpha value is -2.67. The molecule has 1 aliphatic rings. The molecule has 2 aromatic rings. The van der Waals surface area contributed by atoms with Gasteiger partial charge in [0.2, 0.25) is 0 Å². The van der Waals surface area contributed by atoms with Crippen molar-refractivity contribution in [2.24, 2.45) is 4.99 Å². The zero-order valence-electron chi connectivity index (χ0n) is 12.7. The summed E-state index contributed by atoms with van der Waals surface area (Å²) in [5, 5.41) is 22.1. The summed E-state index contributed by atoms with van der Waals surface area (Å²) in [6, 6.07) is 5.14. The maximum absolute atomic E-state index is 11.1. The molecule has 7 nitrogen and oxygen atoms in total. The van der Waals surface area contributed by atoms with Crippen LogP contribution in [0.25, 0.3) is 0 Å². The number of aromatic nitrogens is 2. The number of imidazole rings is 1. The van der Waals surface area contributed by atoms with Crippen LogP contribution in [0.4, 0.5) is 5.82 Å². The highest BCUT2D eigenvalue weighted by Crippen LogP contribution is 2.24. The molecule has 0 saturated carbocycles. The zero-order valence-corrected chi connectivity index (χ0v) is 12.7. The lowest BCUT2D eigenvalue weighted by Crippen LogP contribution is -2.09. The quantitative estimate of drug-likeness (QED) is 0.796. The summed E-state index contributed by atoms with van der Waals surface area (Å²) in [4.78, 5) is 19.4. The summed E-state index contributed by atoms with van der Waals surface area (Å²) in [7, 11) is 0. The van der Waals surface area contributed by atoms with Crippen LogP contribution in [0.1, 0.15) is 33.3 Å². The van der Waals surface area contributed by atoms with Gasteiger partial charge in [-0.25, -0.2) is 9.78 Å². The van der Waals surface area contributed by atoms with Gasteiger partial charge in [0.1, 0.15) is 17.6 Å². The number of aliphatic hydroxyl groups excluding tert-OH is 1. The van der Waals surface area contributed by atoms with Crippen LogP contribution in [0.3, 0.4) is 0 Å². The van der Waals surface area contributed by atoms with E-state index in [2.05, 4.69) is 15.3 Å². The predicted molar refractivity (Wildman–Crippen MR) is 86.0 cm³/mol. The number of fused-ring (bicyclic) bond motifs is 1. The molecule has 0 fully saturated rings. The molecule has 2 heterocycles. The highest BCUT2D eigenvalue weighted by Gasteiger charge is 2.19. The third-order valence-electron chi connectivity index (χ3n) is 3.97. The van der Waals surface area contributed by atoms with Crippen LogP contribution in [0.5, 0.6) is 0 Å². The van der Waals surface area contributed by atoms with Crippen LogP contribution in [0.15, 0.2) is 29.5 Å². The second-order valence-electron chi connectivity index (χ2n) is 5.52. The Balaban J connectivity index is 1.81. The Morgan fingerprint density at radius 1 is 1.48 bits per heavy atom. The summed E-state index contributed by atoms with van der Waals surface area (Å²) in [6.07, 6.45) is 3.19. The van der Waals surface area contributed by atoms with Crippen LogP contribution < -0.4 is 5.32 Å². The number of hydrogen-bond acceptors (Lipinski definition) is 5. The number of carbonyl (C=O) groups is 1. The molecule has 7 heteroatoms. The first-order valence-corrected chi connectivity index (χ1v) is 7.37. The molecule has 0 bridgehead atoms. The maximum Gasteiger partial charge on any atom is 0.335 e. The van der Waals surface area contributed by atoms with E-state index in [1.807, 2.05) is 17.6 Å². The summed E-state index contributed by atoms with van der Waals surface area (Å²) in [5.74, 6) is -0.199. The van der Waals surface area contributed by atoms with Crippen LogP contribution in [0.2, 0.25) is 0 Å². The molecule has 3 rings (SSSR count). The van der Waals surface area contributed by atoms with E-state index in [9.17, 15) is 9.90 Å². The average molecular weight is 314 g/mol. The number of benzene rings is 1. The van der Waals surface area contributed by atoms with Gasteiger partial charge in [0.15, 0.2) is 0 Å². The van der Waals surface area contributed by atoms with Crippen molar-refractivity contribution >= 4 is 18.1 Å². The number of anilines is 1. The predicted octanol–water partition coefficient (Wildman–Crippen LogP) is 1.62. The standard InChI is InChI=1S/C16H18N4O3/c1-10-2-3-12(16(22)23)6-11(10)4-5-20-9-19-14-13(21)7-17-8-18-15(14)20/h2-3,6,8-9,13,21H,4-5,7H2,1H3,(H,17,18)(H,22,23). The third-order valence-corrected chi connectivity index (χ3v) is 3.97. The fourth-order valence-corrected chi connectivity index (χ4v) is 2.63. The van der Waals surface area contributed by atoms with E-state index in [4.69, 9.17) is 5.11 Å². The molecule has 23 heavy (non-hydrogen) atoms. The molecule has 120 valence electrons. The van der Waals surface area contributed by atoms with Gasteiger partial charge in [-0.05, 0) is 36.6 Å². The van der Waals surface area contributed by atoms with E-state index in [0.29, 0.717) is 18.7 Å². The number of hydrogen-bond donors (Lipinski definition) is 3. The number of carboxylic acid groups (broad SMARTS) is 1. The molecule has 0 saturated heterocycles. The number of aromatic carboxylic acids is 1. The molecule has 0 spiro atoms. The van der Waals surface area contributed by atoms with Gasteiger partial charge < -0.3 is 20.1 Å². The van der Waals surface area contributed by atoms with Crippen molar-refractivity contribution in [2.75, 3.05) is 11.9 Å². The van der Waals surface area contributed by atoms with E-state index in [1.54, 1.807) is 24.8 Å². The summed E-state index contributed by atoms with van der Waals surface area (Å²) in [6.45, 7) is 2.88. The molecule has 0 aliphatic carbocycles. The number of aryl methyl sites for hydroxylation is 3. The normalized spacial score (nSPS) is 16.5. The summed E-state index contributed by atoms with van der Waals surface area (Å²) < 4.78 is 1.91. The molecule has 1 atom stereocenters. The topological polar surface area (TPSA) is 99.7 Å². The number of aliphatic hydroxyl groups is 1. The summed E-state index contributed by atoms with van der Waals surface area (Å²) in [5.41, 5.74) is 2.90. The molecule has 3 N–H and O–H groups in total. The van der Waals surface area contributed by atoms with Gasteiger partial charge in [0.05, 0.1) is 24.8 Å². The molecule has 0 amide bonds. The van der Waals surface area contributed by atoms with Crippen molar-refractivity contribution in [1.29, 1.82) is 0 Å². The molecular weight excluding hydrogens is 296 g/mol. The Labute approximate surface area is 133 Å². The smallest absolute Gasteiger partial charge is 0.335 e. The molecular formula is C16H18N4O3. The zero-order chi connectivity index (χ0) is 16.4. The fourth-order valence-electron chi connectivity index (χ4n) is 2.63. The van der Waals surface area contributed by atoms with Crippen LogP contribution >= 0.6 is 0 Å². The Morgan fingerprint density at radius 2 is 2.30 bits per heavy atom. The van der Waals surface area contributed by atoms with Gasteiger partial charge in [0, 0.05) is 6.54 Å². The van der Waals surface area contributed by atoms with Crippen molar-refractivity contribution in [3.8, 4) is 0 Å². The SMILES string of the molecule is Cc1ccc(C(=O)O)cc1CCn1cnc2c1NC=NCC2O. The van der Waals surface area contributed by atoms with E-state index < -0.39 is 12.1 Å². The lowest BCUT2D eigenvalue weighted by molar-refractivity contribution is 0.0696. The minimum Gasteiger partial charge on any atom is -0.478 e. The highest BCUT2D eigenvalue weighted by molar-refractivity contribution is 5.87. The molecule has 1 aliphatic heterocycles. The first-order valence-electron chi connectivity index (χ1n) is 7.37. The minimum absolute atomic E-state index is 0.288. The fraction of sp³-hybridized carbons (Fsp3) is 0.312. The van der Waals surface area contributed by atoms with Gasteiger partial charge in [-0.2, -0.15) is 0 Å². The van der Waals surface area contributed by atoms with E-state index >= 15 is 0 Å². The number of nitrogens with one attached hydrogen (secondary N) is 1. The average Bonchev–Trinajstić information content (AvgIpc) is 2.84. The lowest BCUT2D eigenvalue weighted by atomic mass is 10.0. The Morgan fingerprint density at radius 3 is 3.09 bits per heavy atom. The van der Waals surface area contributed by atoms with Gasteiger partial charge in [-0.1, -0.05) is 6.07 Å². The third kappa shape index (κ3) is 3.09. The lowest BCUT2D eigenvalue weighted by Gasteiger charge is -2.11. The number of aliphatic imine (C=N–C) groups is 1. The number of carboxylic acids is 1. The Bertz CT molecular complexity index is 767. The van der Waals surface area contributed by atoms with Crippen LogP contribution in [-0.4, -0.2) is 38.6 Å². The first kappa shape index (κ1) is 15.2. The summed E-state index contributed by atoms with van der Waals surface area (Å²) >= 11 is 0. The van der Waals surface area contributed by atoms with E-state index in [0.717, 1.165) is 16.9 Å². The van der Waals surface area contributed by atoms with Gasteiger partial charge in [0.25, 0.3) is 0 Å². The van der Waals surface area contributed by atoms with Crippen molar-refractivity contribution in [1.82, 2.24) is 9.55 Å². The van der Waals surface area contributed by atoms with Crippen LogP contribution in [-0.2, 0) is 13.0 Å². The van der Waals surface area contributed by atoms with Crippen molar-refractivity contribution < 1.29 is 15.0 Å². The highest BCUT2D eigenvalue weighted by atomic mass is 16.4. The van der Waals surface area contributed by atoms with E-state index in [-0.39, 0.29) is 12.1 Å². The second-order valence-corrected chi connectivity index (χ2v) is 5.52. The number of nitrogens with zero attached hydrogens (tertiary/aromatic N) is 3. The van der Waals surface area contributed by atoms with Crippen LogP contribution in [0, 0.1) is 6.92 Å². The largest absolute Gasteiger partial charge is 0.478 e. The molecule has 1 unspecified atom stereocenters. The second kappa shape index (κ2) is 6.21. The van der Waals surface area contributed by atoms with Gasteiger partial charge >= 0.3 is 5.97 Å². The van der Waals surface area contributed by atoms with Gasteiger partial charge in [-0.15, -0.1) is 0 Å². The van der Waals surface area contributed by atoms with E-state index in [1.165, 1.54) is 0 Å². The van der Waals surface area contributed by atoms with Crippen molar-refractivity contribution in [3.63, 3.8) is 0 Å². The molecule has 1 aromatic carbocycles. The monoisotopic (exact) mass is 314 g/mol. The maximum atomic E-state index is 11.1. The minimum atomic E-state index is -0.927. The molecule has 0 radical (unpaired) electrons. The Kier molecular flexibility index (Phi) is 4.12. The first-order chi connectivity index (χ1) is 11.1. The number of rotatable bonds is 4. The van der Waals surface area contributed by atoms with Crippen molar-refractivity contribution in [2.45, 2.75) is 26.0 Å². The van der Waals surface area contributed by atoms with Crippen molar-refractivity contribution in [3.05, 3.63) is 46.9 Å². The molecule has 1 aromatic heterocycles.